The lowest BCUT2D eigenvalue weighted by Crippen LogP contribution is -2.10. The molecule has 112 valence electrons. The molecule has 1 nitrogen and oxygen atoms in total. The molecule has 2 rings (SSSR count). The van der Waals surface area contributed by atoms with Gasteiger partial charge < -0.3 is 5.11 Å². The predicted molar refractivity (Wildman–Crippen MR) is 66.6 cm³/mol. The number of aliphatic hydroxyl groups excluding tert-OH is 1. The summed E-state index contributed by atoms with van der Waals surface area (Å²) in [6.07, 6.45) is -6.12. The quantitative estimate of drug-likeness (QED) is 0.817. The molecule has 0 spiro atoms. The summed E-state index contributed by atoms with van der Waals surface area (Å²) in [5, 5.41) is 10.1. The average Bonchev–Trinajstić information content (AvgIpc) is 2.36. The second kappa shape index (κ2) is 5.44. The fourth-order valence-corrected chi connectivity index (χ4v) is 2.06. The Morgan fingerprint density at radius 1 is 1.00 bits per heavy atom. The van der Waals surface area contributed by atoms with Crippen LogP contribution in [0, 0.1) is 18.6 Å². The summed E-state index contributed by atoms with van der Waals surface area (Å²) in [7, 11) is 0. The molecule has 2 aromatic rings. The van der Waals surface area contributed by atoms with Gasteiger partial charge in [-0.15, -0.1) is 0 Å². The fourth-order valence-electron chi connectivity index (χ4n) is 2.06. The molecule has 6 heteroatoms. The van der Waals surface area contributed by atoms with Gasteiger partial charge in [0.25, 0.3) is 0 Å². The molecule has 0 aliphatic carbocycles. The van der Waals surface area contributed by atoms with Crippen molar-refractivity contribution < 1.29 is 27.1 Å². The summed E-state index contributed by atoms with van der Waals surface area (Å²) < 4.78 is 63.9. The molecule has 0 bridgehead atoms. The maximum absolute atomic E-state index is 13.5. The molecule has 0 aliphatic rings. The molecular weight excluding hydrogens is 291 g/mol. The van der Waals surface area contributed by atoms with E-state index < -0.39 is 29.5 Å². The number of halogens is 5. The second-order valence-electron chi connectivity index (χ2n) is 4.64. The van der Waals surface area contributed by atoms with Crippen molar-refractivity contribution in [1.29, 1.82) is 0 Å². The fraction of sp³-hybridized carbons (Fsp3) is 0.200. The summed E-state index contributed by atoms with van der Waals surface area (Å²) >= 11 is 0. The number of aryl methyl sites for hydroxylation is 1. The summed E-state index contributed by atoms with van der Waals surface area (Å²) in [5.74, 6) is -1.96. The molecule has 0 aliphatic heterocycles. The summed E-state index contributed by atoms with van der Waals surface area (Å²) in [6, 6.07) is 5.82. The van der Waals surface area contributed by atoms with Crippen LogP contribution in [0.4, 0.5) is 22.0 Å². The normalized spacial score (nSPS) is 13.3. The Hall–Kier alpha value is -1.95. The zero-order valence-corrected chi connectivity index (χ0v) is 10.9. The van der Waals surface area contributed by atoms with Gasteiger partial charge in [-0.05, 0) is 47.9 Å². The van der Waals surface area contributed by atoms with Gasteiger partial charge in [0.05, 0.1) is 5.56 Å². The van der Waals surface area contributed by atoms with Gasteiger partial charge in [0, 0.05) is 0 Å². The predicted octanol–water partition coefficient (Wildman–Crippen LogP) is 4.37. The van der Waals surface area contributed by atoms with E-state index in [1.54, 1.807) is 6.92 Å². The first-order valence-corrected chi connectivity index (χ1v) is 6.01. The lowest BCUT2D eigenvalue weighted by molar-refractivity contribution is -0.140. The number of alkyl halides is 3. The number of hydrogen-bond donors (Lipinski definition) is 1. The van der Waals surface area contributed by atoms with Gasteiger partial charge in [0.2, 0.25) is 0 Å². The topological polar surface area (TPSA) is 20.2 Å². The van der Waals surface area contributed by atoms with Crippen molar-refractivity contribution >= 4 is 0 Å². The minimum Gasteiger partial charge on any atom is -0.384 e. The Morgan fingerprint density at radius 3 is 2.19 bits per heavy atom. The molecule has 0 amide bonds. The number of aliphatic hydroxyl groups is 1. The van der Waals surface area contributed by atoms with Crippen LogP contribution in [0.1, 0.15) is 28.4 Å². The highest BCUT2D eigenvalue weighted by Crippen LogP contribution is 2.33. The average molecular weight is 302 g/mol. The molecule has 21 heavy (non-hydrogen) atoms. The first kappa shape index (κ1) is 15.4. The Kier molecular flexibility index (Phi) is 4.00. The summed E-state index contributed by atoms with van der Waals surface area (Å²) in [4.78, 5) is 0. The minimum absolute atomic E-state index is 0.0322. The smallest absolute Gasteiger partial charge is 0.384 e. The van der Waals surface area contributed by atoms with Gasteiger partial charge in [-0.1, -0.05) is 12.1 Å². The molecule has 0 radical (unpaired) electrons. The first-order chi connectivity index (χ1) is 9.70. The van der Waals surface area contributed by atoms with E-state index in [2.05, 4.69) is 0 Å². The number of hydrogen-bond acceptors (Lipinski definition) is 1. The maximum atomic E-state index is 13.5. The Morgan fingerprint density at radius 2 is 1.67 bits per heavy atom. The summed E-state index contributed by atoms with van der Waals surface area (Å²) in [6.45, 7) is 1.54. The second-order valence-corrected chi connectivity index (χ2v) is 4.64. The van der Waals surface area contributed by atoms with Crippen molar-refractivity contribution in [3.05, 3.63) is 70.3 Å². The Bertz CT molecular complexity index is 664. The van der Waals surface area contributed by atoms with Crippen molar-refractivity contribution in [2.45, 2.75) is 19.2 Å². The highest BCUT2D eigenvalue weighted by atomic mass is 19.4. The van der Waals surface area contributed by atoms with E-state index >= 15 is 0 Å². The van der Waals surface area contributed by atoms with Crippen LogP contribution in [0.15, 0.2) is 36.4 Å². The van der Waals surface area contributed by atoms with Crippen molar-refractivity contribution in [2.24, 2.45) is 0 Å². The molecule has 0 heterocycles. The van der Waals surface area contributed by atoms with E-state index in [4.69, 9.17) is 0 Å². The van der Waals surface area contributed by atoms with Crippen molar-refractivity contribution in [1.82, 2.24) is 0 Å². The molecule has 0 fully saturated rings. The number of rotatable bonds is 2. The largest absolute Gasteiger partial charge is 0.419 e. The van der Waals surface area contributed by atoms with Crippen molar-refractivity contribution in [3.8, 4) is 0 Å². The third-order valence-electron chi connectivity index (χ3n) is 3.14. The van der Waals surface area contributed by atoms with Crippen LogP contribution in [-0.4, -0.2) is 5.11 Å². The molecule has 0 aromatic heterocycles. The molecule has 0 saturated carbocycles. The van der Waals surface area contributed by atoms with Crippen LogP contribution < -0.4 is 0 Å². The lowest BCUT2D eigenvalue weighted by Gasteiger charge is -2.16. The maximum Gasteiger partial charge on any atom is 0.419 e. The van der Waals surface area contributed by atoms with Gasteiger partial charge in [0.15, 0.2) is 0 Å². The van der Waals surface area contributed by atoms with Crippen LogP contribution in [0.25, 0.3) is 0 Å². The third-order valence-corrected chi connectivity index (χ3v) is 3.14. The van der Waals surface area contributed by atoms with Crippen LogP contribution in [0.5, 0.6) is 0 Å². The van der Waals surface area contributed by atoms with Crippen LogP contribution >= 0.6 is 0 Å². The van der Waals surface area contributed by atoms with Gasteiger partial charge in [-0.3, -0.25) is 0 Å². The molecule has 0 saturated heterocycles. The Labute approximate surface area is 117 Å². The molecule has 1 unspecified atom stereocenters. The highest BCUT2D eigenvalue weighted by molar-refractivity contribution is 5.37. The van der Waals surface area contributed by atoms with Gasteiger partial charge in [-0.2, -0.15) is 13.2 Å². The molecule has 1 atom stereocenters. The third kappa shape index (κ3) is 3.21. The minimum atomic E-state index is -4.79. The summed E-state index contributed by atoms with van der Waals surface area (Å²) in [5.41, 5.74) is -0.706. The zero-order valence-electron chi connectivity index (χ0n) is 10.9. The van der Waals surface area contributed by atoms with Gasteiger partial charge in [0.1, 0.15) is 17.7 Å². The van der Waals surface area contributed by atoms with E-state index in [0.29, 0.717) is 23.3 Å². The van der Waals surface area contributed by atoms with Crippen LogP contribution in [-0.2, 0) is 6.18 Å². The molecule has 2 aromatic carbocycles. The molecule has 1 N–H and O–H groups in total. The van der Waals surface area contributed by atoms with Crippen molar-refractivity contribution in [2.75, 3.05) is 0 Å². The van der Waals surface area contributed by atoms with E-state index in [1.807, 2.05) is 0 Å². The Balaban J connectivity index is 2.40. The SMILES string of the molecule is Cc1cc(F)ccc1C(O)c1ccc(C(F)(F)F)c(F)c1. The van der Waals surface area contributed by atoms with E-state index in [1.165, 1.54) is 12.1 Å². The standard InChI is InChI=1S/C15H11F5O/c1-8-6-10(16)3-4-11(8)14(21)9-2-5-12(13(17)7-9)15(18,19)20/h2-7,14,21H,1H3. The van der Waals surface area contributed by atoms with Crippen molar-refractivity contribution in [3.63, 3.8) is 0 Å². The molecular formula is C15H11F5O. The van der Waals surface area contributed by atoms with E-state index in [9.17, 15) is 27.1 Å². The van der Waals surface area contributed by atoms with Crippen LogP contribution in [0.2, 0.25) is 0 Å². The number of benzene rings is 2. The van der Waals surface area contributed by atoms with E-state index in [0.717, 1.165) is 12.1 Å². The highest BCUT2D eigenvalue weighted by Gasteiger charge is 2.34. The first-order valence-electron chi connectivity index (χ1n) is 6.01. The van der Waals surface area contributed by atoms with Gasteiger partial charge in [-0.25, -0.2) is 8.78 Å². The van der Waals surface area contributed by atoms with E-state index in [-0.39, 0.29) is 5.56 Å². The van der Waals surface area contributed by atoms with Crippen LogP contribution in [0.3, 0.4) is 0 Å². The zero-order chi connectivity index (χ0) is 15.8. The lowest BCUT2D eigenvalue weighted by atomic mass is 9.96. The monoisotopic (exact) mass is 302 g/mol. The van der Waals surface area contributed by atoms with Gasteiger partial charge >= 0.3 is 6.18 Å².